The predicted octanol–water partition coefficient (Wildman–Crippen LogP) is 2.42. The number of benzene rings is 2. The molecule has 9 heteroatoms. The molecule has 5 aromatic rings. The molecule has 9 nitrogen and oxygen atoms in total. The van der Waals surface area contributed by atoms with Crippen molar-refractivity contribution in [2.24, 2.45) is 0 Å². The molecule has 0 aliphatic carbocycles. The monoisotopic (exact) mass is 457 g/mol. The Balaban J connectivity index is 1.65. The maximum atomic E-state index is 13.5. The zero-order valence-electron chi connectivity index (χ0n) is 18.6. The first-order valence-electron chi connectivity index (χ1n) is 10.9. The van der Waals surface area contributed by atoms with Crippen molar-refractivity contribution < 1.29 is 9.53 Å². The first-order valence-corrected chi connectivity index (χ1v) is 10.9. The fraction of sp³-hybridized carbons (Fsp3) is 0.200. The molecule has 2 aromatic carbocycles. The van der Waals surface area contributed by atoms with E-state index in [0.717, 1.165) is 21.0 Å². The molecule has 0 saturated carbocycles. The minimum absolute atomic E-state index is 0.221. The Bertz CT molecular complexity index is 1610. The second-order valence-electron chi connectivity index (χ2n) is 8.02. The summed E-state index contributed by atoms with van der Waals surface area (Å²) in [7, 11) is 1.57. The van der Waals surface area contributed by atoms with E-state index in [4.69, 9.17) is 4.74 Å². The van der Waals surface area contributed by atoms with Crippen LogP contribution in [0.4, 0.5) is 0 Å². The molecule has 0 amide bonds. The van der Waals surface area contributed by atoms with Gasteiger partial charge in [0.25, 0.3) is 5.56 Å². The number of nitrogens with zero attached hydrogens (tertiary/aromatic N) is 4. The van der Waals surface area contributed by atoms with Crippen molar-refractivity contribution in [3.63, 3.8) is 0 Å². The average Bonchev–Trinajstić information content (AvgIpc) is 3.48. The summed E-state index contributed by atoms with van der Waals surface area (Å²) in [5.74, 6) is -0.329. The van der Waals surface area contributed by atoms with Crippen LogP contribution in [-0.2, 0) is 24.4 Å². The molecule has 1 N–H and O–H groups in total. The van der Waals surface area contributed by atoms with E-state index in [1.54, 1.807) is 17.9 Å². The lowest BCUT2D eigenvalue weighted by Gasteiger charge is -2.12. The first-order chi connectivity index (χ1) is 16.6. The number of H-pyrrole nitrogens is 1. The van der Waals surface area contributed by atoms with E-state index in [0.29, 0.717) is 18.7 Å². The van der Waals surface area contributed by atoms with Crippen molar-refractivity contribution in [2.45, 2.75) is 19.6 Å². The zero-order valence-corrected chi connectivity index (χ0v) is 18.6. The minimum atomic E-state index is -0.577. The fourth-order valence-corrected chi connectivity index (χ4v) is 4.18. The maximum absolute atomic E-state index is 13.5. The highest BCUT2D eigenvalue weighted by Gasteiger charge is 2.21. The molecule has 0 aliphatic heterocycles. The third-order valence-electron chi connectivity index (χ3n) is 5.89. The quantitative estimate of drug-likeness (QED) is 0.361. The number of fused-ring (bicyclic) bond motifs is 2. The van der Waals surface area contributed by atoms with Crippen LogP contribution in [0, 0.1) is 0 Å². The fourth-order valence-electron chi connectivity index (χ4n) is 4.18. The van der Waals surface area contributed by atoms with E-state index >= 15 is 0 Å². The van der Waals surface area contributed by atoms with E-state index in [-0.39, 0.29) is 30.0 Å². The summed E-state index contributed by atoms with van der Waals surface area (Å²) >= 11 is 0. The van der Waals surface area contributed by atoms with Crippen molar-refractivity contribution in [3.8, 4) is 0 Å². The van der Waals surface area contributed by atoms with Crippen LogP contribution in [0.25, 0.3) is 22.1 Å². The Kier molecular flexibility index (Phi) is 5.69. The number of para-hydroxylation sites is 1. The van der Waals surface area contributed by atoms with Crippen molar-refractivity contribution in [1.82, 2.24) is 23.7 Å². The number of aromatic nitrogens is 5. The van der Waals surface area contributed by atoms with Gasteiger partial charge in [-0.3, -0.25) is 18.7 Å². The predicted molar refractivity (Wildman–Crippen MR) is 128 cm³/mol. The average molecular weight is 457 g/mol. The van der Waals surface area contributed by atoms with Crippen LogP contribution >= 0.6 is 0 Å². The van der Waals surface area contributed by atoms with Crippen LogP contribution in [0.5, 0.6) is 0 Å². The Morgan fingerprint density at radius 1 is 1.03 bits per heavy atom. The van der Waals surface area contributed by atoms with Crippen LogP contribution in [0.3, 0.4) is 0 Å². The van der Waals surface area contributed by atoms with Gasteiger partial charge >= 0.3 is 5.69 Å². The van der Waals surface area contributed by atoms with E-state index in [1.807, 2.05) is 54.6 Å². The van der Waals surface area contributed by atoms with Crippen molar-refractivity contribution in [2.75, 3.05) is 13.7 Å². The number of hydrogen-bond acceptors (Lipinski definition) is 5. The molecule has 0 unspecified atom stereocenters. The molecular weight excluding hydrogens is 434 g/mol. The summed E-state index contributed by atoms with van der Waals surface area (Å²) in [6.07, 6.45) is 3.14. The van der Waals surface area contributed by atoms with Crippen molar-refractivity contribution >= 4 is 27.9 Å². The van der Waals surface area contributed by atoms with Crippen molar-refractivity contribution in [1.29, 1.82) is 0 Å². The van der Waals surface area contributed by atoms with Gasteiger partial charge < -0.3 is 14.3 Å². The zero-order chi connectivity index (χ0) is 23.7. The number of rotatable bonds is 8. The Morgan fingerprint density at radius 3 is 2.59 bits per heavy atom. The molecule has 0 aliphatic rings. The lowest BCUT2D eigenvalue weighted by atomic mass is 10.1. The molecule has 3 heterocycles. The molecule has 172 valence electrons. The molecule has 0 saturated heterocycles. The van der Waals surface area contributed by atoms with Gasteiger partial charge in [-0.25, -0.2) is 9.78 Å². The van der Waals surface area contributed by atoms with Gasteiger partial charge in [-0.1, -0.05) is 48.5 Å². The second-order valence-corrected chi connectivity index (χ2v) is 8.02. The number of aromatic amines is 1. The smallest absolute Gasteiger partial charge is 0.333 e. The third-order valence-corrected chi connectivity index (χ3v) is 5.89. The van der Waals surface area contributed by atoms with Gasteiger partial charge in [0.1, 0.15) is 0 Å². The molecule has 0 atom stereocenters. The number of Topliss-reactive ketones (excluding diaryl/α,β-unsaturated/α-hetero) is 1. The number of ketones is 1. The highest BCUT2D eigenvalue weighted by molar-refractivity contribution is 6.07. The summed E-state index contributed by atoms with van der Waals surface area (Å²) in [6.45, 7) is 0.609. The highest BCUT2D eigenvalue weighted by atomic mass is 16.5. The minimum Gasteiger partial charge on any atom is -0.383 e. The van der Waals surface area contributed by atoms with Gasteiger partial charge in [0, 0.05) is 36.3 Å². The van der Waals surface area contributed by atoms with Crippen LogP contribution in [-0.4, -0.2) is 43.2 Å². The maximum Gasteiger partial charge on any atom is 0.333 e. The van der Waals surface area contributed by atoms with E-state index in [2.05, 4.69) is 9.97 Å². The molecule has 34 heavy (non-hydrogen) atoms. The molecule has 0 fully saturated rings. The number of ether oxygens (including phenoxy) is 1. The first kappa shape index (κ1) is 21.6. The van der Waals surface area contributed by atoms with Gasteiger partial charge in [0.2, 0.25) is 0 Å². The van der Waals surface area contributed by atoms with Gasteiger partial charge in [-0.05, 0) is 11.6 Å². The number of carbonyl (C=O) groups is 1. The van der Waals surface area contributed by atoms with Gasteiger partial charge in [-0.15, -0.1) is 0 Å². The normalized spacial score (nSPS) is 11.4. The number of nitrogens with one attached hydrogen (secondary N) is 1. The SMILES string of the molecule is COCCn1cnc2c1c(=O)n(CC(=O)c1c[nH]c3ccccc13)c(=O)n2Cc1ccccc1. The van der Waals surface area contributed by atoms with Crippen LogP contribution < -0.4 is 11.2 Å². The molecule has 0 radical (unpaired) electrons. The standard InChI is InChI=1S/C25H23N5O4/c1-34-12-11-28-16-27-23-22(28)24(32)30(25(33)29(23)14-17-7-3-2-4-8-17)15-21(31)19-13-26-20-10-6-5-9-18(19)20/h2-10,13,16,26H,11-12,14-15H2,1H3. The van der Waals surface area contributed by atoms with E-state index in [9.17, 15) is 14.4 Å². The largest absolute Gasteiger partial charge is 0.383 e. The molecule has 0 spiro atoms. The third kappa shape index (κ3) is 3.75. The lowest BCUT2D eigenvalue weighted by molar-refractivity contribution is 0.0970. The van der Waals surface area contributed by atoms with Gasteiger partial charge in [0.05, 0.1) is 26.0 Å². The summed E-state index contributed by atoms with van der Waals surface area (Å²) in [5.41, 5.74) is 1.55. The molecular formula is C25H23N5O4. The molecule has 5 rings (SSSR count). The summed E-state index contributed by atoms with van der Waals surface area (Å²) in [4.78, 5) is 47.6. The van der Waals surface area contributed by atoms with Gasteiger partial charge in [0.15, 0.2) is 16.9 Å². The van der Waals surface area contributed by atoms with Crippen molar-refractivity contribution in [3.05, 3.63) is 99.1 Å². The Hall–Kier alpha value is -4.24. The van der Waals surface area contributed by atoms with Crippen LogP contribution in [0.1, 0.15) is 15.9 Å². The van der Waals surface area contributed by atoms with E-state index < -0.39 is 11.2 Å². The number of hydrogen-bond donors (Lipinski definition) is 1. The number of methoxy groups -OCH3 is 1. The number of carbonyl (C=O) groups excluding carboxylic acids is 1. The molecule has 0 bridgehead atoms. The second kappa shape index (κ2) is 8.95. The van der Waals surface area contributed by atoms with Crippen LogP contribution in [0.2, 0.25) is 0 Å². The van der Waals surface area contributed by atoms with Gasteiger partial charge in [-0.2, -0.15) is 0 Å². The Labute approximate surface area is 193 Å². The Morgan fingerprint density at radius 2 is 1.79 bits per heavy atom. The lowest BCUT2D eigenvalue weighted by Crippen LogP contribution is -2.42. The topological polar surface area (TPSA) is 104 Å². The van der Waals surface area contributed by atoms with Crippen LogP contribution in [0.15, 0.2) is 76.7 Å². The highest BCUT2D eigenvalue weighted by Crippen LogP contribution is 2.18. The summed E-state index contributed by atoms with van der Waals surface area (Å²) in [6, 6.07) is 16.9. The van der Waals surface area contributed by atoms with E-state index in [1.165, 1.54) is 10.9 Å². The summed E-state index contributed by atoms with van der Waals surface area (Å²) in [5, 5.41) is 0.747. The molecule has 3 aromatic heterocycles. The number of imidazole rings is 1. The summed E-state index contributed by atoms with van der Waals surface area (Å²) < 4.78 is 9.26.